The van der Waals surface area contributed by atoms with Crippen LogP contribution >= 0.6 is 11.3 Å². The normalized spacial score (nSPS) is 17.2. The van der Waals surface area contributed by atoms with E-state index in [9.17, 15) is 18.4 Å². The predicted octanol–water partition coefficient (Wildman–Crippen LogP) is 3.91. The third kappa shape index (κ3) is 4.33. The Bertz CT molecular complexity index is 767. The van der Waals surface area contributed by atoms with E-state index in [2.05, 4.69) is 10.6 Å². The molecule has 2 heterocycles. The largest absolute Gasteiger partial charge is 0.324 e. The smallest absolute Gasteiger partial charge is 0.322 e. The van der Waals surface area contributed by atoms with Crippen LogP contribution in [0, 0.1) is 17.6 Å². The molecule has 1 aliphatic heterocycles. The number of carbonyl (C=O) groups is 2. The molecule has 1 fully saturated rings. The number of nitrogens with zero attached hydrogens (tertiary/aromatic N) is 1. The molecule has 8 heteroatoms. The predicted molar refractivity (Wildman–Crippen MR) is 92.6 cm³/mol. The maximum Gasteiger partial charge on any atom is 0.322 e. The van der Waals surface area contributed by atoms with Crippen molar-refractivity contribution >= 4 is 34.0 Å². The summed E-state index contributed by atoms with van der Waals surface area (Å²) < 4.78 is 26.6. The number of anilines is 2. The van der Waals surface area contributed by atoms with Gasteiger partial charge < -0.3 is 10.2 Å². The second-order valence-corrected chi connectivity index (χ2v) is 6.75. The number of likely N-dealkylation sites (tertiary alicyclic amines) is 1. The number of nitrogens with one attached hydrogen (secondary N) is 2. The molecule has 0 spiro atoms. The highest BCUT2D eigenvalue weighted by Gasteiger charge is 2.29. The Balaban J connectivity index is 1.60. The summed E-state index contributed by atoms with van der Waals surface area (Å²) in [5.41, 5.74) is -0.0634. The van der Waals surface area contributed by atoms with Crippen molar-refractivity contribution in [3.05, 3.63) is 47.3 Å². The summed E-state index contributed by atoms with van der Waals surface area (Å²) in [7, 11) is 0. The first-order valence-electron chi connectivity index (χ1n) is 7.88. The summed E-state index contributed by atoms with van der Waals surface area (Å²) in [6, 6.07) is 6.37. The molecule has 0 aliphatic carbocycles. The van der Waals surface area contributed by atoms with Crippen molar-refractivity contribution in [3.63, 3.8) is 0 Å². The number of halogens is 2. The molecule has 0 radical (unpaired) electrons. The molecule has 2 N–H and O–H groups in total. The van der Waals surface area contributed by atoms with E-state index in [1.165, 1.54) is 17.4 Å². The van der Waals surface area contributed by atoms with Crippen LogP contribution in [0.25, 0.3) is 0 Å². The van der Waals surface area contributed by atoms with Gasteiger partial charge in [-0.15, -0.1) is 11.3 Å². The van der Waals surface area contributed by atoms with Gasteiger partial charge in [0.15, 0.2) is 0 Å². The summed E-state index contributed by atoms with van der Waals surface area (Å²) >= 11 is 1.42. The van der Waals surface area contributed by atoms with Crippen molar-refractivity contribution < 1.29 is 18.4 Å². The highest BCUT2D eigenvalue weighted by molar-refractivity contribution is 7.14. The van der Waals surface area contributed by atoms with E-state index in [0.717, 1.165) is 17.1 Å². The quantitative estimate of drug-likeness (QED) is 0.866. The molecular weight excluding hydrogens is 348 g/mol. The Hall–Kier alpha value is -2.48. The number of amides is 3. The van der Waals surface area contributed by atoms with Gasteiger partial charge in [-0.1, -0.05) is 0 Å². The molecule has 25 heavy (non-hydrogen) atoms. The lowest BCUT2D eigenvalue weighted by atomic mass is 9.97. The van der Waals surface area contributed by atoms with Gasteiger partial charge in [0.2, 0.25) is 5.91 Å². The van der Waals surface area contributed by atoms with Gasteiger partial charge in [-0.2, -0.15) is 0 Å². The van der Waals surface area contributed by atoms with Gasteiger partial charge in [0.25, 0.3) is 0 Å². The van der Waals surface area contributed by atoms with Crippen molar-refractivity contribution in [1.29, 1.82) is 0 Å². The van der Waals surface area contributed by atoms with Crippen LogP contribution in [0.3, 0.4) is 0 Å². The van der Waals surface area contributed by atoms with Crippen LogP contribution in [-0.4, -0.2) is 29.9 Å². The molecule has 2 aromatic rings. The van der Waals surface area contributed by atoms with E-state index in [1.807, 2.05) is 11.4 Å². The Kier molecular flexibility index (Phi) is 5.28. The fourth-order valence-electron chi connectivity index (χ4n) is 2.74. The van der Waals surface area contributed by atoms with E-state index in [1.54, 1.807) is 11.0 Å². The lowest BCUT2D eigenvalue weighted by molar-refractivity contribution is -0.121. The molecule has 0 bridgehead atoms. The summed E-state index contributed by atoms with van der Waals surface area (Å²) in [5, 5.41) is 7.86. The average Bonchev–Trinajstić information content (AvgIpc) is 3.10. The fourth-order valence-corrected chi connectivity index (χ4v) is 3.34. The Labute approximate surface area is 147 Å². The maximum absolute atomic E-state index is 13.7. The summed E-state index contributed by atoms with van der Waals surface area (Å²) in [5.74, 6) is -2.34. The molecule has 1 aromatic heterocycles. The minimum atomic E-state index is -0.823. The number of hydrogen-bond donors (Lipinski definition) is 2. The van der Waals surface area contributed by atoms with Gasteiger partial charge in [0, 0.05) is 19.2 Å². The summed E-state index contributed by atoms with van der Waals surface area (Å²) in [6.07, 6.45) is 1.29. The number of urea groups is 1. The van der Waals surface area contributed by atoms with Gasteiger partial charge in [-0.25, -0.2) is 13.6 Å². The number of piperidine rings is 1. The maximum atomic E-state index is 13.7. The van der Waals surface area contributed by atoms with Gasteiger partial charge in [-0.3, -0.25) is 10.1 Å². The lowest BCUT2D eigenvalue weighted by Crippen LogP contribution is -2.45. The zero-order chi connectivity index (χ0) is 17.8. The summed E-state index contributed by atoms with van der Waals surface area (Å²) in [6.45, 7) is 0.817. The Morgan fingerprint density at radius 1 is 1.20 bits per heavy atom. The molecule has 1 saturated heterocycles. The molecule has 3 amide bonds. The number of benzene rings is 1. The molecule has 132 valence electrons. The van der Waals surface area contributed by atoms with Crippen molar-refractivity contribution in [2.45, 2.75) is 12.8 Å². The first-order chi connectivity index (χ1) is 12.0. The number of thiophene rings is 1. The van der Waals surface area contributed by atoms with Gasteiger partial charge in [-0.05, 0) is 42.5 Å². The van der Waals surface area contributed by atoms with Crippen LogP contribution in [0.15, 0.2) is 35.7 Å². The standard InChI is InChI=1S/C17H17F2N3O2S/c18-12-5-6-14(13(19)9-12)20-16(23)11-3-1-7-22(10-11)17(24)21-15-4-2-8-25-15/h2,4-6,8-9,11H,1,3,7,10H2,(H,20,23)(H,21,24). The molecular formula is C17H17F2N3O2S. The summed E-state index contributed by atoms with van der Waals surface area (Å²) in [4.78, 5) is 26.2. The number of rotatable bonds is 3. The second-order valence-electron chi connectivity index (χ2n) is 5.81. The van der Waals surface area contributed by atoms with E-state index < -0.39 is 17.6 Å². The van der Waals surface area contributed by atoms with Crippen molar-refractivity contribution in [2.24, 2.45) is 5.92 Å². The SMILES string of the molecule is O=C(Nc1ccc(F)cc1F)C1CCCN(C(=O)Nc2cccs2)C1. The zero-order valence-electron chi connectivity index (χ0n) is 13.3. The van der Waals surface area contributed by atoms with E-state index >= 15 is 0 Å². The topological polar surface area (TPSA) is 61.4 Å². The highest BCUT2D eigenvalue weighted by atomic mass is 32.1. The lowest BCUT2D eigenvalue weighted by Gasteiger charge is -2.31. The highest BCUT2D eigenvalue weighted by Crippen LogP contribution is 2.22. The van der Waals surface area contributed by atoms with Gasteiger partial charge in [0.1, 0.15) is 11.6 Å². The van der Waals surface area contributed by atoms with Crippen LogP contribution < -0.4 is 10.6 Å². The molecule has 5 nitrogen and oxygen atoms in total. The third-order valence-electron chi connectivity index (χ3n) is 4.02. The molecule has 1 aromatic carbocycles. The van der Waals surface area contributed by atoms with Crippen molar-refractivity contribution in [2.75, 3.05) is 23.7 Å². The monoisotopic (exact) mass is 365 g/mol. The average molecular weight is 365 g/mol. The second kappa shape index (κ2) is 7.60. The van der Waals surface area contributed by atoms with Crippen LogP contribution in [0.4, 0.5) is 24.3 Å². The molecule has 1 atom stereocenters. The van der Waals surface area contributed by atoms with Crippen molar-refractivity contribution in [1.82, 2.24) is 4.90 Å². The zero-order valence-corrected chi connectivity index (χ0v) is 14.1. The molecule has 1 unspecified atom stereocenters. The first kappa shape index (κ1) is 17.3. The Morgan fingerprint density at radius 3 is 2.76 bits per heavy atom. The van der Waals surface area contributed by atoms with Crippen molar-refractivity contribution in [3.8, 4) is 0 Å². The van der Waals surface area contributed by atoms with E-state index in [4.69, 9.17) is 0 Å². The minimum Gasteiger partial charge on any atom is -0.324 e. The fraction of sp³-hybridized carbons (Fsp3) is 0.294. The van der Waals surface area contributed by atoms with Crippen LogP contribution in [0.5, 0.6) is 0 Å². The van der Waals surface area contributed by atoms with Crippen LogP contribution in [-0.2, 0) is 4.79 Å². The van der Waals surface area contributed by atoms with Crippen LogP contribution in [0.2, 0.25) is 0 Å². The van der Waals surface area contributed by atoms with Gasteiger partial charge in [0.05, 0.1) is 16.6 Å². The molecule has 0 saturated carbocycles. The first-order valence-corrected chi connectivity index (χ1v) is 8.76. The Morgan fingerprint density at radius 2 is 2.04 bits per heavy atom. The van der Waals surface area contributed by atoms with Gasteiger partial charge >= 0.3 is 6.03 Å². The molecule has 3 rings (SSSR count). The van der Waals surface area contributed by atoms with Crippen LogP contribution in [0.1, 0.15) is 12.8 Å². The number of carbonyl (C=O) groups excluding carboxylic acids is 2. The molecule has 1 aliphatic rings. The third-order valence-corrected chi connectivity index (χ3v) is 4.80. The number of hydrogen-bond acceptors (Lipinski definition) is 3. The minimum absolute atomic E-state index is 0.0634. The van der Waals surface area contributed by atoms with E-state index in [0.29, 0.717) is 19.4 Å². The van der Waals surface area contributed by atoms with E-state index in [-0.39, 0.29) is 24.2 Å².